The molecule has 0 aliphatic heterocycles. The average Bonchev–Trinajstić information content (AvgIpc) is 3.31. The maximum absolute atomic E-state index is 13.5. The van der Waals surface area contributed by atoms with Crippen molar-refractivity contribution in [1.29, 1.82) is 0 Å². The van der Waals surface area contributed by atoms with Gasteiger partial charge < -0.3 is 10.8 Å². The normalized spacial score (nSPS) is 12.4. The molecule has 1 aliphatic rings. The zero-order valence-corrected chi connectivity index (χ0v) is 24.0. The van der Waals surface area contributed by atoms with E-state index in [9.17, 15) is 19.5 Å². The highest BCUT2D eigenvalue weighted by Gasteiger charge is 2.31. The molecule has 7 nitrogen and oxygen atoms in total. The fourth-order valence-corrected chi connectivity index (χ4v) is 6.33. The number of nitrogens with zero attached hydrogens (tertiary/aromatic N) is 2. The van der Waals surface area contributed by atoms with Gasteiger partial charge in [-0.1, -0.05) is 65.7 Å². The van der Waals surface area contributed by atoms with E-state index in [1.54, 1.807) is 63.4 Å². The predicted molar refractivity (Wildman–Crippen MR) is 162 cm³/mol. The summed E-state index contributed by atoms with van der Waals surface area (Å²) >= 11 is 13.9. The van der Waals surface area contributed by atoms with Crippen LogP contribution in [0.1, 0.15) is 40.9 Å². The van der Waals surface area contributed by atoms with Crippen LogP contribution in [0.5, 0.6) is 0 Å². The molecular formula is C32H25Cl2N3O4. The van der Waals surface area contributed by atoms with E-state index in [1.165, 1.54) is 10.6 Å². The second kappa shape index (κ2) is 9.45. The van der Waals surface area contributed by atoms with Crippen LogP contribution in [-0.2, 0) is 19.1 Å². The summed E-state index contributed by atoms with van der Waals surface area (Å²) < 4.78 is 2.46. The van der Waals surface area contributed by atoms with Gasteiger partial charge in [-0.05, 0) is 72.4 Å². The summed E-state index contributed by atoms with van der Waals surface area (Å²) in [5, 5.41) is 11.4. The highest BCUT2D eigenvalue weighted by atomic mass is 35.5. The van der Waals surface area contributed by atoms with Crippen molar-refractivity contribution in [3.63, 3.8) is 0 Å². The van der Waals surface area contributed by atoms with Crippen molar-refractivity contribution in [3.05, 3.63) is 120 Å². The smallest absolute Gasteiger partial charge is 0.335 e. The number of carbonyl (C=O) groups excluding carboxylic acids is 1. The molecule has 1 aromatic heterocycles. The van der Waals surface area contributed by atoms with E-state index >= 15 is 0 Å². The van der Waals surface area contributed by atoms with Gasteiger partial charge in [0.2, 0.25) is 5.91 Å². The number of para-hydroxylation sites is 1. The molecule has 0 unspecified atom stereocenters. The maximum atomic E-state index is 13.5. The van der Waals surface area contributed by atoms with Gasteiger partial charge in [-0.3, -0.25) is 14.2 Å². The number of aryl methyl sites for hydroxylation is 1. The second-order valence-electron chi connectivity index (χ2n) is 10.7. The lowest BCUT2D eigenvalue weighted by Gasteiger charge is -2.20. The summed E-state index contributed by atoms with van der Waals surface area (Å²) in [4.78, 5) is 39.4. The molecule has 0 saturated carbocycles. The highest BCUT2D eigenvalue weighted by molar-refractivity contribution is 6.38. The van der Waals surface area contributed by atoms with Gasteiger partial charge in [0.15, 0.2) is 0 Å². The Bertz CT molecular complexity index is 2070. The number of halogens is 2. The molecule has 4 aromatic carbocycles. The Morgan fingerprint density at radius 1 is 0.951 bits per heavy atom. The van der Waals surface area contributed by atoms with Crippen LogP contribution in [-0.4, -0.2) is 20.1 Å². The van der Waals surface area contributed by atoms with Gasteiger partial charge in [-0.15, -0.1) is 0 Å². The first-order valence-corrected chi connectivity index (χ1v) is 13.7. The molecule has 0 spiro atoms. The molecule has 3 N–H and O–H groups in total. The monoisotopic (exact) mass is 585 g/mol. The lowest BCUT2D eigenvalue weighted by Crippen LogP contribution is -2.38. The zero-order chi connectivity index (χ0) is 29.4. The summed E-state index contributed by atoms with van der Waals surface area (Å²) in [6, 6.07) is 19.1. The molecule has 0 atom stereocenters. The number of primary amides is 1. The van der Waals surface area contributed by atoms with Crippen LogP contribution in [0.25, 0.3) is 38.8 Å². The van der Waals surface area contributed by atoms with Crippen molar-refractivity contribution in [1.82, 2.24) is 9.13 Å². The average molecular weight is 586 g/mol. The Hall–Kier alpha value is -4.17. The predicted octanol–water partition coefficient (Wildman–Crippen LogP) is 5.56. The SMILES string of the molecule is Cn1c(=O)n(-c2cccc(-c3c(Cl)cc(C(N)=O)c4c3-c3ccc(C(C)(C)O)cc3C4)c2Cl)c(=O)c2ccccc21. The van der Waals surface area contributed by atoms with E-state index in [0.717, 1.165) is 21.3 Å². The molecule has 5 aromatic rings. The first kappa shape index (κ1) is 27.0. The number of benzene rings is 4. The van der Waals surface area contributed by atoms with Gasteiger partial charge in [0, 0.05) is 28.8 Å². The summed E-state index contributed by atoms with van der Waals surface area (Å²) in [6.07, 6.45) is 0.402. The molecule has 0 fully saturated rings. The topological polar surface area (TPSA) is 107 Å². The van der Waals surface area contributed by atoms with Gasteiger partial charge in [0.25, 0.3) is 5.56 Å². The number of hydrogen-bond acceptors (Lipinski definition) is 4. The molecule has 206 valence electrons. The zero-order valence-electron chi connectivity index (χ0n) is 22.5. The van der Waals surface area contributed by atoms with Crippen molar-refractivity contribution in [3.8, 4) is 27.9 Å². The summed E-state index contributed by atoms with van der Waals surface area (Å²) in [6.45, 7) is 3.41. The van der Waals surface area contributed by atoms with Gasteiger partial charge in [-0.25, -0.2) is 9.36 Å². The van der Waals surface area contributed by atoms with Crippen LogP contribution >= 0.6 is 23.2 Å². The third-order valence-electron chi connectivity index (χ3n) is 7.77. The number of hydrogen-bond donors (Lipinski definition) is 2. The minimum atomic E-state index is -1.06. The van der Waals surface area contributed by atoms with Crippen molar-refractivity contribution >= 4 is 40.0 Å². The number of carbonyl (C=O) groups is 1. The number of fused-ring (bicyclic) bond motifs is 4. The lowest BCUT2D eigenvalue weighted by molar-refractivity contribution is 0.0785. The quantitative estimate of drug-likeness (QED) is 0.282. The Morgan fingerprint density at radius 2 is 1.68 bits per heavy atom. The van der Waals surface area contributed by atoms with Gasteiger partial charge in [0.1, 0.15) is 0 Å². The molecular weight excluding hydrogens is 561 g/mol. The van der Waals surface area contributed by atoms with Crippen molar-refractivity contribution in [2.24, 2.45) is 12.8 Å². The van der Waals surface area contributed by atoms with Gasteiger partial charge in [-0.2, -0.15) is 0 Å². The van der Waals surface area contributed by atoms with E-state index in [0.29, 0.717) is 45.1 Å². The van der Waals surface area contributed by atoms with Crippen LogP contribution in [0.4, 0.5) is 0 Å². The van der Waals surface area contributed by atoms with E-state index in [2.05, 4.69) is 0 Å². The Kier molecular flexibility index (Phi) is 6.23. The molecule has 1 aliphatic carbocycles. The fraction of sp³-hybridized carbons (Fsp3) is 0.156. The minimum absolute atomic E-state index is 0.152. The van der Waals surface area contributed by atoms with Gasteiger partial charge >= 0.3 is 5.69 Å². The molecule has 1 heterocycles. The van der Waals surface area contributed by atoms with Crippen LogP contribution in [0.15, 0.2) is 76.3 Å². The van der Waals surface area contributed by atoms with Crippen LogP contribution in [0, 0.1) is 0 Å². The standard InChI is InChI=1S/C32H25Cl2N3O4/c1-32(2,41)17-11-12-18-16(13-17)14-21-22(29(35)38)15-23(33)27(26(18)21)20-8-6-10-25(28(20)34)37-30(39)19-7-4-5-9-24(19)36(3)31(37)40/h4-13,15,41H,14H2,1-3H3,(H2,35,38). The molecule has 6 rings (SSSR count). The third kappa shape index (κ3) is 4.11. The number of rotatable bonds is 4. The number of aromatic nitrogens is 2. The Labute approximate surface area is 245 Å². The van der Waals surface area contributed by atoms with Gasteiger partial charge in [0.05, 0.1) is 27.2 Å². The minimum Gasteiger partial charge on any atom is -0.386 e. The lowest BCUT2D eigenvalue weighted by atomic mass is 9.90. The van der Waals surface area contributed by atoms with E-state index in [1.807, 2.05) is 18.2 Å². The molecule has 41 heavy (non-hydrogen) atoms. The Balaban J connectivity index is 1.65. The van der Waals surface area contributed by atoms with Crippen LogP contribution in [0.3, 0.4) is 0 Å². The number of amides is 1. The summed E-state index contributed by atoms with van der Waals surface area (Å²) in [7, 11) is 1.60. The molecule has 0 radical (unpaired) electrons. The largest absolute Gasteiger partial charge is 0.386 e. The van der Waals surface area contributed by atoms with E-state index < -0.39 is 22.8 Å². The molecule has 0 bridgehead atoms. The van der Waals surface area contributed by atoms with E-state index in [4.69, 9.17) is 28.9 Å². The number of nitrogens with two attached hydrogens (primary N) is 1. The third-order valence-corrected chi connectivity index (χ3v) is 8.46. The van der Waals surface area contributed by atoms with Crippen LogP contribution in [0.2, 0.25) is 10.0 Å². The summed E-state index contributed by atoms with van der Waals surface area (Å²) in [5.41, 5.74) is 9.56. The molecule has 9 heteroatoms. The van der Waals surface area contributed by atoms with Crippen LogP contribution < -0.4 is 17.0 Å². The van der Waals surface area contributed by atoms with Crippen molar-refractivity contribution in [2.45, 2.75) is 25.9 Å². The van der Waals surface area contributed by atoms with E-state index in [-0.39, 0.29) is 15.7 Å². The Morgan fingerprint density at radius 3 is 2.39 bits per heavy atom. The highest BCUT2D eigenvalue weighted by Crippen LogP contribution is 2.50. The maximum Gasteiger partial charge on any atom is 0.335 e. The van der Waals surface area contributed by atoms with Crippen molar-refractivity contribution < 1.29 is 9.90 Å². The first-order chi connectivity index (χ1) is 19.4. The molecule has 1 amide bonds. The second-order valence-corrected chi connectivity index (χ2v) is 11.5. The van der Waals surface area contributed by atoms with Crippen molar-refractivity contribution in [2.75, 3.05) is 0 Å². The fourth-order valence-electron chi connectivity index (χ4n) is 5.72. The summed E-state index contributed by atoms with van der Waals surface area (Å²) in [5.74, 6) is -0.615. The first-order valence-electron chi connectivity index (χ1n) is 12.9. The number of aliphatic hydroxyl groups is 1. The molecule has 0 saturated heterocycles.